The van der Waals surface area contributed by atoms with E-state index in [9.17, 15) is 22.4 Å². The summed E-state index contributed by atoms with van der Waals surface area (Å²) in [5, 5.41) is 4.29. The van der Waals surface area contributed by atoms with Gasteiger partial charge in [0.05, 0.1) is 18.8 Å². The number of anilines is 1. The van der Waals surface area contributed by atoms with Gasteiger partial charge in [0, 0.05) is 43.2 Å². The zero-order chi connectivity index (χ0) is 23.6. The van der Waals surface area contributed by atoms with Crippen LogP contribution in [0.25, 0.3) is 0 Å². The summed E-state index contributed by atoms with van der Waals surface area (Å²) < 4.78 is 46.6. The predicted molar refractivity (Wildman–Crippen MR) is 122 cm³/mol. The van der Waals surface area contributed by atoms with Gasteiger partial charge in [0.15, 0.2) is 0 Å². The largest absolute Gasteiger partial charge is 0.378 e. The number of carbonyl (C=O) groups is 2. The molecule has 3 heterocycles. The van der Waals surface area contributed by atoms with Crippen molar-refractivity contribution in [3.05, 3.63) is 46.6 Å². The van der Waals surface area contributed by atoms with Crippen LogP contribution in [-0.4, -0.2) is 68.8 Å². The maximum atomic E-state index is 13.7. The Morgan fingerprint density at radius 2 is 1.82 bits per heavy atom. The molecule has 2 amide bonds. The van der Waals surface area contributed by atoms with Gasteiger partial charge in [0.2, 0.25) is 5.91 Å². The van der Waals surface area contributed by atoms with E-state index < -0.39 is 15.8 Å². The van der Waals surface area contributed by atoms with Crippen molar-refractivity contribution in [2.45, 2.75) is 24.0 Å². The fraction of sp³-hybridized carbons (Fsp3) is 0.455. The third-order valence-corrected chi connectivity index (χ3v) is 9.29. The molecule has 2 aliphatic heterocycles. The number of nitrogens with one attached hydrogen (secondary N) is 1. The molecule has 178 valence electrons. The number of nitrogens with zero attached hydrogens (tertiary/aromatic N) is 2. The molecule has 33 heavy (non-hydrogen) atoms. The molecule has 1 N–H and O–H groups in total. The zero-order valence-corrected chi connectivity index (χ0v) is 19.9. The van der Waals surface area contributed by atoms with Gasteiger partial charge in [-0.3, -0.25) is 9.59 Å². The Bertz CT molecular complexity index is 1140. The van der Waals surface area contributed by atoms with E-state index in [0.29, 0.717) is 56.0 Å². The monoisotopic (exact) mass is 495 g/mol. The number of sulfonamides is 1. The lowest BCUT2D eigenvalue weighted by molar-refractivity contribution is -0.120. The molecule has 0 bridgehead atoms. The van der Waals surface area contributed by atoms with Gasteiger partial charge in [-0.05, 0) is 43.5 Å². The molecule has 2 aliphatic rings. The molecule has 1 aromatic carbocycles. The minimum Gasteiger partial charge on any atom is -0.378 e. The smallest absolute Gasteiger partial charge is 0.254 e. The van der Waals surface area contributed by atoms with Gasteiger partial charge < -0.3 is 15.0 Å². The van der Waals surface area contributed by atoms with Gasteiger partial charge in [-0.25, -0.2) is 12.8 Å². The molecular formula is C22H26FN3O5S2. The van der Waals surface area contributed by atoms with Crippen molar-refractivity contribution in [1.29, 1.82) is 0 Å². The highest BCUT2D eigenvalue weighted by Crippen LogP contribution is 2.29. The lowest BCUT2D eigenvalue weighted by Crippen LogP contribution is -2.41. The Hall–Kier alpha value is -2.34. The summed E-state index contributed by atoms with van der Waals surface area (Å²) in [5.74, 6) is -1.19. The van der Waals surface area contributed by atoms with Crippen LogP contribution >= 0.6 is 11.3 Å². The third-order valence-electron chi connectivity index (χ3n) is 5.98. The Morgan fingerprint density at radius 3 is 2.48 bits per heavy atom. The molecule has 0 spiro atoms. The highest BCUT2D eigenvalue weighted by Gasteiger charge is 2.33. The first-order valence-corrected chi connectivity index (χ1v) is 13.1. The Kier molecular flexibility index (Phi) is 7.13. The van der Waals surface area contributed by atoms with E-state index in [1.54, 1.807) is 29.3 Å². The summed E-state index contributed by atoms with van der Waals surface area (Å²) in [5.41, 5.74) is 1.24. The second-order valence-electron chi connectivity index (χ2n) is 8.19. The average Bonchev–Trinajstić information content (AvgIpc) is 3.33. The fourth-order valence-electron chi connectivity index (χ4n) is 3.91. The Morgan fingerprint density at radius 1 is 1.12 bits per heavy atom. The first-order chi connectivity index (χ1) is 15.8. The molecular weight excluding hydrogens is 469 g/mol. The molecule has 0 aliphatic carbocycles. The van der Waals surface area contributed by atoms with Crippen molar-refractivity contribution in [3.63, 3.8) is 0 Å². The van der Waals surface area contributed by atoms with Crippen LogP contribution in [0.2, 0.25) is 0 Å². The number of rotatable bonds is 5. The second kappa shape index (κ2) is 9.88. The molecule has 2 aromatic rings. The standard InChI is InChI=1S/C22H26FN3O5S2/c1-15-2-3-18(13-19(15)23)24-21(27)16-4-6-26(7-5-16)33(29,30)20-12-17(14-32-20)22(28)25-8-10-31-11-9-25/h2-3,12-14,16H,4-11H2,1H3,(H,24,27). The second-order valence-corrected chi connectivity index (χ2v) is 11.3. The molecule has 11 heteroatoms. The number of morpholine rings is 1. The van der Waals surface area contributed by atoms with Gasteiger partial charge in [-0.1, -0.05) is 6.07 Å². The molecule has 0 atom stereocenters. The molecule has 0 saturated carbocycles. The van der Waals surface area contributed by atoms with E-state index in [4.69, 9.17) is 4.74 Å². The van der Waals surface area contributed by atoms with E-state index in [0.717, 1.165) is 11.3 Å². The topological polar surface area (TPSA) is 96.0 Å². The zero-order valence-electron chi connectivity index (χ0n) is 18.3. The molecule has 4 rings (SSSR count). The summed E-state index contributed by atoms with van der Waals surface area (Å²) in [6, 6.07) is 5.95. The predicted octanol–water partition coefficient (Wildman–Crippen LogP) is 2.71. The normalized spacial score (nSPS) is 18.3. The van der Waals surface area contributed by atoms with Crippen LogP contribution in [-0.2, 0) is 19.6 Å². The van der Waals surface area contributed by atoms with Crippen LogP contribution in [0.3, 0.4) is 0 Å². The number of ether oxygens (including phenoxy) is 1. The minimum atomic E-state index is -3.75. The van der Waals surface area contributed by atoms with Gasteiger partial charge in [0.1, 0.15) is 10.0 Å². The number of piperidine rings is 1. The number of halogens is 1. The lowest BCUT2D eigenvalue weighted by Gasteiger charge is -2.30. The number of amides is 2. The fourth-order valence-corrected chi connectivity index (χ4v) is 6.69. The summed E-state index contributed by atoms with van der Waals surface area (Å²) in [6.07, 6.45) is 0.731. The third kappa shape index (κ3) is 5.26. The molecule has 0 radical (unpaired) electrons. The van der Waals surface area contributed by atoms with E-state index in [1.165, 1.54) is 16.4 Å². The van der Waals surface area contributed by atoms with Crippen molar-refractivity contribution in [2.75, 3.05) is 44.7 Å². The van der Waals surface area contributed by atoms with Gasteiger partial charge >= 0.3 is 0 Å². The quantitative estimate of drug-likeness (QED) is 0.688. The maximum Gasteiger partial charge on any atom is 0.254 e. The number of aryl methyl sites for hydroxylation is 1. The summed E-state index contributed by atoms with van der Waals surface area (Å²) in [6.45, 7) is 3.97. The minimum absolute atomic E-state index is 0.122. The van der Waals surface area contributed by atoms with Crippen LogP contribution < -0.4 is 5.32 Å². The average molecular weight is 496 g/mol. The van der Waals surface area contributed by atoms with Crippen LogP contribution in [0.4, 0.5) is 10.1 Å². The van der Waals surface area contributed by atoms with Gasteiger partial charge in [0.25, 0.3) is 15.9 Å². The van der Waals surface area contributed by atoms with Crippen molar-refractivity contribution in [1.82, 2.24) is 9.21 Å². The Labute approximate surface area is 196 Å². The van der Waals surface area contributed by atoms with Crippen LogP contribution in [0, 0.1) is 18.7 Å². The molecule has 8 nitrogen and oxygen atoms in total. The first kappa shape index (κ1) is 23.8. The van der Waals surface area contributed by atoms with Crippen molar-refractivity contribution in [3.8, 4) is 0 Å². The summed E-state index contributed by atoms with van der Waals surface area (Å²) >= 11 is 1.03. The SMILES string of the molecule is Cc1ccc(NC(=O)C2CCN(S(=O)(=O)c3cc(C(=O)N4CCOCC4)cs3)CC2)cc1F. The van der Waals surface area contributed by atoms with E-state index >= 15 is 0 Å². The van der Waals surface area contributed by atoms with E-state index in [2.05, 4.69) is 5.32 Å². The number of benzene rings is 1. The molecule has 2 fully saturated rings. The van der Waals surface area contributed by atoms with Crippen molar-refractivity contribution in [2.24, 2.45) is 5.92 Å². The number of thiophene rings is 1. The van der Waals surface area contributed by atoms with Crippen molar-refractivity contribution >= 4 is 38.9 Å². The maximum absolute atomic E-state index is 13.7. The number of hydrogen-bond acceptors (Lipinski definition) is 6. The van der Waals surface area contributed by atoms with Gasteiger partial charge in [-0.15, -0.1) is 11.3 Å². The molecule has 0 unspecified atom stereocenters. The van der Waals surface area contributed by atoms with Crippen LogP contribution in [0.1, 0.15) is 28.8 Å². The summed E-state index contributed by atoms with van der Waals surface area (Å²) in [7, 11) is -3.75. The molecule has 2 saturated heterocycles. The Balaban J connectivity index is 1.36. The van der Waals surface area contributed by atoms with Gasteiger partial charge in [-0.2, -0.15) is 4.31 Å². The van der Waals surface area contributed by atoms with E-state index in [-0.39, 0.29) is 35.0 Å². The van der Waals surface area contributed by atoms with Crippen LogP contribution in [0.15, 0.2) is 33.9 Å². The number of hydrogen-bond donors (Lipinski definition) is 1. The summed E-state index contributed by atoms with van der Waals surface area (Å²) in [4.78, 5) is 26.9. The molecule has 1 aromatic heterocycles. The highest BCUT2D eigenvalue weighted by atomic mass is 32.2. The highest BCUT2D eigenvalue weighted by molar-refractivity contribution is 7.91. The number of carbonyl (C=O) groups excluding carboxylic acids is 2. The van der Waals surface area contributed by atoms with Crippen LogP contribution in [0.5, 0.6) is 0 Å². The van der Waals surface area contributed by atoms with E-state index in [1.807, 2.05) is 0 Å². The lowest BCUT2D eigenvalue weighted by atomic mass is 9.97. The van der Waals surface area contributed by atoms with Crippen molar-refractivity contribution < 1.29 is 27.1 Å². The first-order valence-electron chi connectivity index (χ1n) is 10.8.